The molecule has 0 unspecified atom stereocenters. The van der Waals surface area contributed by atoms with E-state index in [0.717, 1.165) is 24.9 Å². The minimum Gasteiger partial charge on any atom is -0.355 e. The van der Waals surface area contributed by atoms with Gasteiger partial charge in [0.1, 0.15) is 0 Å². The fourth-order valence-electron chi connectivity index (χ4n) is 2.07. The zero-order chi connectivity index (χ0) is 15.8. The van der Waals surface area contributed by atoms with E-state index in [2.05, 4.69) is 22.4 Å². The molecule has 120 valence electrons. The van der Waals surface area contributed by atoms with Crippen LogP contribution in [0.5, 0.6) is 0 Å². The van der Waals surface area contributed by atoms with Crippen LogP contribution in [0.15, 0.2) is 21.3 Å². The van der Waals surface area contributed by atoms with Gasteiger partial charge in [-0.1, -0.05) is 19.0 Å². The summed E-state index contributed by atoms with van der Waals surface area (Å²) >= 11 is 1.60. The summed E-state index contributed by atoms with van der Waals surface area (Å²) in [4.78, 5) is 18.3. The van der Waals surface area contributed by atoms with Crippen LogP contribution in [0.3, 0.4) is 0 Å². The van der Waals surface area contributed by atoms with Gasteiger partial charge in [0, 0.05) is 17.5 Å². The lowest BCUT2D eigenvalue weighted by atomic mass is 10.3. The molecular weight excluding hydrogens is 300 g/mol. The van der Waals surface area contributed by atoms with Crippen molar-refractivity contribution in [2.75, 3.05) is 19.6 Å². The maximum absolute atomic E-state index is 11.9. The zero-order valence-electron chi connectivity index (χ0n) is 13.0. The Kier molecular flexibility index (Phi) is 6.54. The van der Waals surface area contributed by atoms with Gasteiger partial charge in [0.05, 0.1) is 13.1 Å². The Bertz CT molecular complexity index is 568. The van der Waals surface area contributed by atoms with Crippen LogP contribution in [-0.4, -0.2) is 40.6 Å². The predicted octanol–water partition coefficient (Wildman–Crippen LogP) is 2.54. The highest BCUT2D eigenvalue weighted by Crippen LogP contribution is 2.19. The van der Waals surface area contributed by atoms with Crippen LogP contribution in [0.2, 0.25) is 0 Å². The van der Waals surface area contributed by atoms with Crippen LogP contribution in [0.1, 0.15) is 32.6 Å². The van der Waals surface area contributed by atoms with Crippen molar-refractivity contribution in [3.8, 4) is 11.4 Å². The number of nitrogens with zero attached hydrogens (tertiary/aromatic N) is 3. The molecular formula is C15H22N4O2S. The van der Waals surface area contributed by atoms with Gasteiger partial charge >= 0.3 is 0 Å². The third-order valence-corrected chi connectivity index (χ3v) is 3.77. The molecule has 6 nitrogen and oxygen atoms in total. The Hall–Kier alpha value is -1.73. The lowest BCUT2D eigenvalue weighted by Crippen LogP contribution is -2.37. The van der Waals surface area contributed by atoms with E-state index in [1.807, 2.05) is 28.7 Å². The second-order valence-electron chi connectivity index (χ2n) is 5.08. The molecule has 7 heteroatoms. The van der Waals surface area contributed by atoms with Gasteiger partial charge < -0.3 is 9.84 Å². The number of hydrogen-bond donors (Lipinski definition) is 1. The summed E-state index contributed by atoms with van der Waals surface area (Å²) in [6.07, 6.45) is 1.90. The maximum Gasteiger partial charge on any atom is 0.241 e. The summed E-state index contributed by atoms with van der Waals surface area (Å²) < 4.78 is 5.30. The number of carbonyl (C=O) groups is 1. The van der Waals surface area contributed by atoms with Crippen molar-refractivity contribution in [2.45, 2.75) is 33.2 Å². The molecule has 22 heavy (non-hydrogen) atoms. The fourth-order valence-corrected chi connectivity index (χ4v) is 2.71. The molecule has 0 aliphatic carbocycles. The number of nitrogens with one attached hydrogen (secondary N) is 1. The van der Waals surface area contributed by atoms with Gasteiger partial charge in [-0.3, -0.25) is 9.69 Å². The van der Waals surface area contributed by atoms with E-state index in [4.69, 9.17) is 4.52 Å². The van der Waals surface area contributed by atoms with Gasteiger partial charge in [0.25, 0.3) is 0 Å². The van der Waals surface area contributed by atoms with E-state index >= 15 is 0 Å². The summed E-state index contributed by atoms with van der Waals surface area (Å²) in [5.41, 5.74) is 0.961. The zero-order valence-corrected chi connectivity index (χ0v) is 13.9. The molecule has 0 aromatic carbocycles. The molecule has 0 bridgehead atoms. The highest BCUT2D eigenvalue weighted by atomic mass is 32.1. The Labute approximate surface area is 134 Å². The second kappa shape index (κ2) is 8.65. The maximum atomic E-state index is 11.9. The number of thiophene rings is 1. The van der Waals surface area contributed by atoms with Crippen molar-refractivity contribution in [3.05, 3.63) is 22.7 Å². The van der Waals surface area contributed by atoms with Crippen molar-refractivity contribution < 1.29 is 9.32 Å². The van der Waals surface area contributed by atoms with Crippen LogP contribution in [-0.2, 0) is 11.3 Å². The number of hydrogen-bond acceptors (Lipinski definition) is 6. The van der Waals surface area contributed by atoms with E-state index in [9.17, 15) is 4.79 Å². The third kappa shape index (κ3) is 4.92. The number of aromatic nitrogens is 2. The Balaban J connectivity index is 1.94. The van der Waals surface area contributed by atoms with Crippen LogP contribution >= 0.6 is 11.3 Å². The molecule has 2 aromatic heterocycles. The summed E-state index contributed by atoms with van der Waals surface area (Å²) in [6, 6.07) is 1.96. The van der Waals surface area contributed by atoms with Crippen LogP contribution in [0.25, 0.3) is 11.4 Å². The standard InChI is InChI=1S/C15H22N4O2S/c1-3-6-16-13(20)9-19(7-4-2)10-14-17-15(18-21-14)12-5-8-22-11-12/h5,8,11H,3-4,6-7,9-10H2,1-2H3,(H,16,20). The monoisotopic (exact) mass is 322 g/mol. The van der Waals surface area contributed by atoms with Crippen molar-refractivity contribution >= 4 is 17.2 Å². The average Bonchev–Trinajstić information content (AvgIpc) is 3.16. The van der Waals surface area contributed by atoms with E-state index in [1.165, 1.54) is 0 Å². The van der Waals surface area contributed by atoms with E-state index in [1.54, 1.807) is 11.3 Å². The number of rotatable bonds is 9. The Morgan fingerprint density at radius 1 is 1.41 bits per heavy atom. The van der Waals surface area contributed by atoms with Crippen LogP contribution in [0, 0.1) is 0 Å². The minimum atomic E-state index is 0.0351. The van der Waals surface area contributed by atoms with E-state index < -0.39 is 0 Å². The Morgan fingerprint density at radius 3 is 2.95 bits per heavy atom. The topological polar surface area (TPSA) is 71.3 Å². The molecule has 0 radical (unpaired) electrons. The summed E-state index contributed by atoms with van der Waals surface area (Å²) in [5.74, 6) is 1.17. The van der Waals surface area contributed by atoms with Gasteiger partial charge in [0.2, 0.25) is 17.6 Å². The smallest absolute Gasteiger partial charge is 0.241 e. The normalized spacial score (nSPS) is 11.0. The van der Waals surface area contributed by atoms with E-state index in [-0.39, 0.29) is 5.91 Å². The molecule has 0 fully saturated rings. The molecule has 1 N–H and O–H groups in total. The molecule has 0 saturated heterocycles. The van der Waals surface area contributed by atoms with Gasteiger partial charge in [-0.05, 0) is 30.8 Å². The molecule has 2 heterocycles. The molecule has 2 rings (SSSR count). The predicted molar refractivity (Wildman–Crippen MR) is 86.5 cm³/mol. The summed E-state index contributed by atoms with van der Waals surface area (Å²) in [5, 5.41) is 10.8. The minimum absolute atomic E-state index is 0.0351. The molecule has 0 aliphatic heterocycles. The first-order valence-corrected chi connectivity index (χ1v) is 8.51. The summed E-state index contributed by atoms with van der Waals surface area (Å²) in [6.45, 7) is 6.49. The molecule has 2 aromatic rings. The van der Waals surface area contributed by atoms with Crippen molar-refractivity contribution in [3.63, 3.8) is 0 Å². The second-order valence-corrected chi connectivity index (χ2v) is 5.86. The SMILES string of the molecule is CCCNC(=O)CN(CCC)Cc1nc(-c2ccsc2)no1. The molecule has 0 atom stereocenters. The van der Waals surface area contributed by atoms with Crippen LogP contribution < -0.4 is 5.32 Å². The van der Waals surface area contributed by atoms with E-state index in [0.29, 0.717) is 31.3 Å². The quantitative estimate of drug-likeness (QED) is 0.768. The lowest BCUT2D eigenvalue weighted by molar-refractivity contribution is -0.122. The molecule has 0 saturated carbocycles. The average molecular weight is 322 g/mol. The first-order chi connectivity index (χ1) is 10.7. The van der Waals surface area contributed by atoms with Gasteiger partial charge in [-0.15, -0.1) is 0 Å². The fraction of sp³-hybridized carbons (Fsp3) is 0.533. The third-order valence-electron chi connectivity index (χ3n) is 3.09. The first-order valence-electron chi connectivity index (χ1n) is 7.57. The highest BCUT2D eigenvalue weighted by Gasteiger charge is 2.15. The van der Waals surface area contributed by atoms with Crippen LogP contribution in [0.4, 0.5) is 0 Å². The Morgan fingerprint density at radius 2 is 2.27 bits per heavy atom. The largest absolute Gasteiger partial charge is 0.355 e. The van der Waals surface area contributed by atoms with Crippen molar-refractivity contribution in [1.82, 2.24) is 20.4 Å². The van der Waals surface area contributed by atoms with Gasteiger partial charge in [-0.2, -0.15) is 16.3 Å². The van der Waals surface area contributed by atoms with Gasteiger partial charge in [0.15, 0.2) is 0 Å². The molecule has 0 aliphatic rings. The number of amides is 1. The molecule has 0 spiro atoms. The summed E-state index contributed by atoms with van der Waals surface area (Å²) in [7, 11) is 0. The number of carbonyl (C=O) groups excluding carboxylic acids is 1. The lowest BCUT2D eigenvalue weighted by Gasteiger charge is -2.18. The van der Waals surface area contributed by atoms with Crippen molar-refractivity contribution in [2.24, 2.45) is 0 Å². The first kappa shape index (κ1) is 16.6. The highest BCUT2D eigenvalue weighted by molar-refractivity contribution is 7.08. The molecule has 1 amide bonds. The van der Waals surface area contributed by atoms with Gasteiger partial charge in [-0.25, -0.2) is 0 Å². The van der Waals surface area contributed by atoms with Crippen molar-refractivity contribution in [1.29, 1.82) is 0 Å².